The standard InChI is InChI=1S/C20H15N5O2/c1-2-18(26)25-14-5-3-4-12(6-14)13-7-15-16(10-22-20(15)21-9-13)17-8-19(27)24-11-23-17/h2-11H,1H2,(H,21,22)(H,25,26)(H,23,24,27). The van der Waals surface area contributed by atoms with Gasteiger partial charge in [0.05, 0.1) is 12.0 Å². The molecule has 132 valence electrons. The molecule has 7 nitrogen and oxygen atoms in total. The summed E-state index contributed by atoms with van der Waals surface area (Å²) in [6, 6.07) is 10.9. The van der Waals surface area contributed by atoms with E-state index in [-0.39, 0.29) is 11.5 Å². The number of nitrogens with zero attached hydrogens (tertiary/aromatic N) is 2. The summed E-state index contributed by atoms with van der Waals surface area (Å²) in [6.07, 6.45) is 6.13. The van der Waals surface area contributed by atoms with Gasteiger partial charge in [0.25, 0.3) is 5.56 Å². The number of anilines is 1. The molecule has 0 unspecified atom stereocenters. The Hall–Kier alpha value is -4.00. The third-order valence-electron chi connectivity index (χ3n) is 4.13. The normalized spacial score (nSPS) is 10.7. The van der Waals surface area contributed by atoms with E-state index in [0.29, 0.717) is 17.0 Å². The number of hydrogen-bond acceptors (Lipinski definition) is 4. The van der Waals surface area contributed by atoms with Gasteiger partial charge in [-0.3, -0.25) is 9.59 Å². The third-order valence-corrected chi connectivity index (χ3v) is 4.13. The van der Waals surface area contributed by atoms with Crippen molar-refractivity contribution in [3.8, 4) is 22.4 Å². The lowest BCUT2D eigenvalue weighted by Gasteiger charge is -2.07. The average molecular weight is 357 g/mol. The Morgan fingerprint density at radius 2 is 2.00 bits per heavy atom. The molecule has 0 saturated carbocycles. The Morgan fingerprint density at radius 3 is 2.81 bits per heavy atom. The molecule has 1 aromatic carbocycles. The van der Waals surface area contributed by atoms with Crippen LogP contribution in [0.3, 0.4) is 0 Å². The van der Waals surface area contributed by atoms with E-state index < -0.39 is 0 Å². The summed E-state index contributed by atoms with van der Waals surface area (Å²) in [5, 5.41) is 3.60. The van der Waals surface area contributed by atoms with Gasteiger partial charge in [-0.2, -0.15) is 0 Å². The second kappa shape index (κ2) is 6.72. The molecule has 0 saturated heterocycles. The van der Waals surface area contributed by atoms with Crippen molar-refractivity contribution < 1.29 is 4.79 Å². The fraction of sp³-hybridized carbons (Fsp3) is 0. The maximum absolute atomic E-state index is 11.6. The maximum Gasteiger partial charge on any atom is 0.251 e. The van der Waals surface area contributed by atoms with Crippen LogP contribution >= 0.6 is 0 Å². The molecule has 7 heteroatoms. The van der Waals surface area contributed by atoms with Crippen LogP contribution in [0.15, 0.2) is 72.6 Å². The number of aromatic nitrogens is 4. The smallest absolute Gasteiger partial charge is 0.251 e. The topological polar surface area (TPSA) is 104 Å². The van der Waals surface area contributed by atoms with Gasteiger partial charge in [0.1, 0.15) is 5.65 Å². The molecule has 27 heavy (non-hydrogen) atoms. The Bertz CT molecular complexity index is 1220. The lowest BCUT2D eigenvalue weighted by molar-refractivity contribution is -0.111. The van der Waals surface area contributed by atoms with E-state index >= 15 is 0 Å². The molecule has 0 aliphatic heterocycles. The molecular weight excluding hydrogens is 342 g/mol. The van der Waals surface area contributed by atoms with Crippen molar-refractivity contribution in [1.82, 2.24) is 19.9 Å². The zero-order chi connectivity index (χ0) is 18.8. The first-order chi connectivity index (χ1) is 13.1. The highest BCUT2D eigenvalue weighted by Crippen LogP contribution is 2.30. The minimum Gasteiger partial charge on any atom is -0.345 e. The summed E-state index contributed by atoms with van der Waals surface area (Å²) in [7, 11) is 0. The number of carbonyl (C=O) groups excluding carboxylic acids is 1. The van der Waals surface area contributed by atoms with Crippen LogP contribution in [0, 0.1) is 0 Å². The number of nitrogens with one attached hydrogen (secondary N) is 3. The van der Waals surface area contributed by atoms with Crippen molar-refractivity contribution in [2.75, 3.05) is 5.32 Å². The van der Waals surface area contributed by atoms with Gasteiger partial charge in [-0.05, 0) is 29.8 Å². The highest BCUT2D eigenvalue weighted by molar-refractivity contribution is 5.99. The highest BCUT2D eigenvalue weighted by Gasteiger charge is 2.11. The van der Waals surface area contributed by atoms with Crippen LogP contribution in [0.25, 0.3) is 33.4 Å². The number of H-pyrrole nitrogens is 2. The van der Waals surface area contributed by atoms with E-state index in [4.69, 9.17) is 0 Å². The lowest BCUT2D eigenvalue weighted by atomic mass is 10.0. The molecule has 0 fully saturated rings. The summed E-state index contributed by atoms with van der Waals surface area (Å²) < 4.78 is 0. The number of rotatable bonds is 4. The monoisotopic (exact) mass is 357 g/mol. The second-order valence-corrected chi connectivity index (χ2v) is 5.89. The number of carbonyl (C=O) groups is 1. The SMILES string of the molecule is C=CC(=O)Nc1cccc(-c2cnc3[nH]cc(-c4cc(=O)[nH]cn4)c3c2)c1. The van der Waals surface area contributed by atoms with Crippen LogP contribution in [-0.4, -0.2) is 25.8 Å². The van der Waals surface area contributed by atoms with Gasteiger partial charge in [0.2, 0.25) is 5.91 Å². The fourth-order valence-corrected chi connectivity index (χ4v) is 2.86. The molecule has 0 aliphatic rings. The van der Waals surface area contributed by atoms with Gasteiger partial charge < -0.3 is 15.3 Å². The Labute approximate surface area is 153 Å². The first-order valence-electron chi connectivity index (χ1n) is 8.20. The molecule has 3 N–H and O–H groups in total. The number of hydrogen-bond donors (Lipinski definition) is 3. The summed E-state index contributed by atoms with van der Waals surface area (Å²) in [5.41, 5.74) is 4.29. The highest BCUT2D eigenvalue weighted by atomic mass is 16.1. The van der Waals surface area contributed by atoms with E-state index in [2.05, 4.69) is 31.8 Å². The molecule has 4 aromatic rings. The van der Waals surface area contributed by atoms with Crippen LogP contribution in [0.5, 0.6) is 0 Å². The molecule has 4 rings (SSSR count). The van der Waals surface area contributed by atoms with Crippen LogP contribution in [0.1, 0.15) is 0 Å². The van der Waals surface area contributed by atoms with Gasteiger partial charge in [-0.1, -0.05) is 18.7 Å². The Kier molecular flexibility index (Phi) is 4.10. The summed E-state index contributed by atoms with van der Waals surface area (Å²) in [4.78, 5) is 37.4. The molecule has 0 radical (unpaired) electrons. The number of fused-ring (bicyclic) bond motifs is 1. The average Bonchev–Trinajstić information content (AvgIpc) is 3.11. The first-order valence-corrected chi connectivity index (χ1v) is 8.20. The van der Waals surface area contributed by atoms with E-state index in [1.807, 2.05) is 24.3 Å². The first kappa shape index (κ1) is 16.5. The largest absolute Gasteiger partial charge is 0.345 e. The molecule has 0 spiro atoms. The molecule has 3 aromatic heterocycles. The van der Waals surface area contributed by atoms with Crippen molar-refractivity contribution in [3.05, 3.63) is 78.1 Å². The van der Waals surface area contributed by atoms with Gasteiger partial charge in [0, 0.05) is 40.7 Å². The zero-order valence-corrected chi connectivity index (χ0v) is 14.2. The van der Waals surface area contributed by atoms with Crippen LogP contribution in [0.2, 0.25) is 0 Å². The van der Waals surface area contributed by atoms with Gasteiger partial charge in [-0.25, -0.2) is 9.97 Å². The van der Waals surface area contributed by atoms with Crippen LogP contribution < -0.4 is 10.9 Å². The predicted molar refractivity (Wildman–Crippen MR) is 104 cm³/mol. The number of aromatic amines is 2. The minimum atomic E-state index is -0.269. The van der Waals surface area contributed by atoms with Crippen molar-refractivity contribution in [2.24, 2.45) is 0 Å². The van der Waals surface area contributed by atoms with Crippen molar-refractivity contribution in [3.63, 3.8) is 0 Å². The third kappa shape index (κ3) is 3.25. The predicted octanol–water partition coefficient (Wildman–Crippen LogP) is 3.10. The van der Waals surface area contributed by atoms with Gasteiger partial charge in [-0.15, -0.1) is 0 Å². The maximum atomic E-state index is 11.6. The summed E-state index contributed by atoms with van der Waals surface area (Å²) in [6.45, 7) is 3.45. The summed E-state index contributed by atoms with van der Waals surface area (Å²) >= 11 is 0. The zero-order valence-electron chi connectivity index (χ0n) is 14.2. The van der Waals surface area contributed by atoms with Crippen molar-refractivity contribution >= 4 is 22.6 Å². The van der Waals surface area contributed by atoms with Crippen LogP contribution in [-0.2, 0) is 4.79 Å². The second-order valence-electron chi connectivity index (χ2n) is 5.89. The number of benzene rings is 1. The van der Waals surface area contributed by atoms with Crippen molar-refractivity contribution in [1.29, 1.82) is 0 Å². The number of pyridine rings is 1. The van der Waals surface area contributed by atoms with E-state index in [1.54, 1.807) is 18.5 Å². The van der Waals surface area contributed by atoms with Crippen LogP contribution in [0.4, 0.5) is 5.69 Å². The van der Waals surface area contributed by atoms with E-state index in [0.717, 1.165) is 22.1 Å². The Morgan fingerprint density at radius 1 is 1.11 bits per heavy atom. The molecule has 1 amide bonds. The minimum absolute atomic E-state index is 0.218. The molecule has 0 aliphatic carbocycles. The molecular formula is C20H15N5O2. The van der Waals surface area contributed by atoms with E-state index in [1.165, 1.54) is 18.5 Å². The quantitative estimate of drug-likeness (QED) is 0.488. The fourth-order valence-electron chi connectivity index (χ4n) is 2.86. The Balaban J connectivity index is 1.79. The van der Waals surface area contributed by atoms with E-state index in [9.17, 15) is 9.59 Å². The molecule has 0 bridgehead atoms. The molecule has 0 atom stereocenters. The van der Waals surface area contributed by atoms with Crippen molar-refractivity contribution in [2.45, 2.75) is 0 Å². The van der Waals surface area contributed by atoms with Gasteiger partial charge in [0.15, 0.2) is 0 Å². The van der Waals surface area contributed by atoms with Gasteiger partial charge >= 0.3 is 0 Å². The molecule has 3 heterocycles. The lowest BCUT2D eigenvalue weighted by Crippen LogP contribution is -2.06. The number of amides is 1. The summed E-state index contributed by atoms with van der Waals surface area (Å²) in [5.74, 6) is -0.269.